The number of nitrogens with zero attached hydrogens (tertiary/aromatic N) is 3. The summed E-state index contributed by atoms with van der Waals surface area (Å²) in [5, 5.41) is 3.74. The van der Waals surface area contributed by atoms with Crippen LogP contribution < -0.4 is 5.73 Å². The normalized spacial score (nSPS) is 10.7. The van der Waals surface area contributed by atoms with Crippen molar-refractivity contribution in [1.82, 2.24) is 15.1 Å². The van der Waals surface area contributed by atoms with Crippen LogP contribution in [0, 0.1) is 11.6 Å². The third kappa shape index (κ3) is 2.09. The molecule has 0 radical (unpaired) electrons. The summed E-state index contributed by atoms with van der Waals surface area (Å²) in [5.41, 5.74) is 5.84. The van der Waals surface area contributed by atoms with Gasteiger partial charge in [0.05, 0.1) is 11.3 Å². The summed E-state index contributed by atoms with van der Waals surface area (Å²) in [6, 6.07) is 5.17. The molecular weight excluding hydrogens is 266 g/mol. The van der Waals surface area contributed by atoms with E-state index in [4.69, 9.17) is 10.3 Å². The van der Waals surface area contributed by atoms with Crippen LogP contribution in [0.3, 0.4) is 0 Å². The first-order valence-corrected chi connectivity index (χ1v) is 5.64. The van der Waals surface area contributed by atoms with Crippen LogP contribution in [0.4, 0.5) is 14.5 Å². The summed E-state index contributed by atoms with van der Waals surface area (Å²) in [7, 11) is 0. The lowest BCUT2D eigenvalue weighted by Gasteiger charge is -2.00. The number of halogens is 2. The molecule has 7 heteroatoms. The fourth-order valence-corrected chi connectivity index (χ4v) is 1.68. The third-order valence-corrected chi connectivity index (χ3v) is 2.68. The first-order valence-electron chi connectivity index (χ1n) is 5.64. The Kier molecular flexibility index (Phi) is 2.86. The van der Waals surface area contributed by atoms with E-state index in [2.05, 4.69) is 15.1 Å². The van der Waals surface area contributed by atoms with Crippen molar-refractivity contribution in [3.05, 3.63) is 48.3 Å². The van der Waals surface area contributed by atoms with E-state index in [9.17, 15) is 8.78 Å². The smallest absolute Gasteiger partial charge is 0.261 e. The van der Waals surface area contributed by atoms with E-state index in [0.29, 0.717) is 11.6 Å². The standard InChI is InChI=1S/C13H8F2N4O/c14-9-6-10(15)11(16)5-8(9)13-18-12(19-20-13)7-1-3-17-4-2-7/h1-6H,16H2. The van der Waals surface area contributed by atoms with Gasteiger partial charge in [0.2, 0.25) is 5.82 Å². The molecule has 5 nitrogen and oxygen atoms in total. The molecule has 2 heterocycles. The Morgan fingerprint density at radius 3 is 2.55 bits per heavy atom. The largest absolute Gasteiger partial charge is 0.396 e. The SMILES string of the molecule is Nc1cc(-c2nc(-c3ccncc3)no2)c(F)cc1F. The molecule has 0 aliphatic rings. The van der Waals surface area contributed by atoms with Crippen LogP contribution in [0.25, 0.3) is 22.8 Å². The molecule has 0 unspecified atom stereocenters. The Morgan fingerprint density at radius 1 is 1.05 bits per heavy atom. The zero-order valence-electron chi connectivity index (χ0n) is 10.0. The Balaban J connectivity index is 2.05. The summed E-state index contributed by atoms with van der Waals surface area (Å²) in [4.78, 5) is 7.93. The number of benzene rings is 1. The van der Waals surface area contributed by atoms with Gasteiger partial charge >= 0.3 is 0 Å². The summed E-state index contributed by atoms with van der Waals surface area (Å²) < 4.78 is 31.8. The Hall–Kier alpha value is -2.83. The number of rotatable bonds is 2. The molecule has 2 N–H and O–H groups in total. The lowest BCUT2D eigenvalue weighted by Crippen LogP contribution is -1.94. The molecule has 3 aromatic rings. The van der Waals surface area contributed by atoms with Crippen molar-refractivity contribution in [2.75, 3.05) is 5.73 Å². The van der Waals surface area contributed by atoms with Gasteiger partial charge in [-0.3, -0.25) is 4.98 Å². The van der Waals surface area contributed by atoms with Crippen LogP contribution in [0.2, 0.25) is 0 Å². The van der Waals surface area contributed by atoms with E-state index in [-0.39, 0.29) is 23.0 Å². The van der Waals surface area contributed by atoms with E-state index < -0.39 is 11.6 Å². The molecule has 20 heavy (non-hydrogen) atoms. The highest BCUT2D eigenvalue weighted by Crippen LogP contribution is 2.27. The van der Waals surface area contributed by atoms with Crippen molar-refractivity contribution < 1.29 is 13.3 Å². The number of nitrogens with two attached hydrogens (primary N) is 1. The molecule has 0 atom stereocenters. The molecule has 0 fully saturated rings. The summed E-state index contributed by atoms with van der Waals surface area (Å²) in [6.07, 6.45) is 3.14. The number of anilines is 1. The minimum Gasteiger partial charge on any atom is -0.396 e. The van der Waals surface area contributed by atoms with Gasteiger partial charge in [0.1, 0.15) is 11.6 Å². The lowest BCUT2D eigenvalue weighted by molar-refractivity contribution is 0.429. The maximum absolute atomic E-state index is 13.7. The van der Waals surface area contributed by atoms with Gasteiger partial charge in [-0.1, -0.05) is 5.16 Å². The van der Waals surface area contributed by atoms with Gasteiger partial charge in [-0.05, 0) is 18.2 Å². The summed E-state index contributed by atoms with van der Waals surface area (Å²) in [5.74, 6) is -1.44. The van der Waals surface area contributed by atoms with Gasteiger partial charge in [-0.2, -0.15) is 4.98 Å². The zero-order valence-corrected chi connectivity index (χ0v) is 10.0. The van der Waals surface area contributed by atoms with Crippen LogP contribution in [0.1, 0.15) is 0 Å². The predicted octanol–water partition coefficient (Wildman–Crippen LogP) is 2.66. The molecule has 1 aromatic carbocycles. The van der Waals surface area contributed by atoms with Crippen molar-refractivity contribution in [3.8, 4) is 22.8 Å². The van der Waals surface area contributed by atoms with Crippen molar-refractivity contribution in [1.29, 1.82) is 0 Å². The molecule has 2 aromatic heterocycles. The quantitative estimate of drug-likeness (QED) is 0.727. The van der Waals surface area contributed by atoms with Crippen LogP contribution in [-0.2, 0) is 0 Å². The molecule has 0 saturated heterocycles. The molecule has 100 valence electrons. The number of aromatic nitrogens is 3. The zero-order chi connectivity index (χ0) is 14.1. The number of pyridine rings is 1. The number of hydrogen-bond acceptors (Lipinski definition) is 5. The molecule has 0 amide bonds. The van der Waals surface area contributed by atoms with Gasteiger partial charge in [0, 0.05) is 24.0 Å². The van der Waals surface area contributed by atoms with Crippen LogP contribution in [0.5, 0.6) is 0 Å². The number of hydrogen-bond donors (Lipinski definition) is 1. The summed E-state index contributed by atoms with van der Waals surface area (Å²) >= 11 is 0. The van der Waals surface area contributed by atoms with Crippen LogP contribution in [-0.4, -0.2) is 15.1 Å². The maximum atomic E-state index is 13.7. The second-order valence-electron chi connectivity index (χ2n) is 4.01. The van der Waals surface area contributed by atoms with Gasteiger partial charge in [-0.25, -0.2) is 8.78 Å². The fourth-order valence-electron chi connectivity index (χ4n) is 1.68. The van der Waals surface area contributed by atoms with Crippen LogP contribution >= 0.6 is 0 Å². The minimum absolute atomic E-state index is 0.0447. The van der Waals surface area contributed by atoms with Crippen molar-refractivity contribution in [3.63, 3.8) is 0 Å². The van der Waals surface area contributed by atoms with Crippen molar-refractivity contribution in [2.24, 2.45) is 0 Å². The lowest BCUT2D eigenvalue weighted by atomic mass is 10.2. The molecule has 3 rings (SSSR count). The Labute approximate surface area is 112 Å². The highest BCUT2D eigenvalue weighted by atomic mass is 19.1. The molecule has 0 aliphatic carbocycles. The average molecular weight is 274 g/mol. The first kappa shape index (κ1) is 12.2. The van der Waals surface area contributed by atoms with Gasteiger partial charge < -0.3 is 10.3 Å². The maximum Gasteiger partial charge on any atom is 0.261 e. The molecule has 0 spiro atoms. The fraction of sp³-hybridized carbons (Fsp3) is 0. The Bertz CT molecular complexity index is 758. The molecular formula is C13H8F2N4O. The first-order chi connectivity index (χ1) is 9.65. The van der Waals surface area contributed by atoms with Crippen molar-refractivity contribution in [2.45, 2.75) is 0 Å². The van der Waals surface area contributed by atoms with Crippen LogP contribution in [0.15, 0.2) is 41.2 Å². The highest BCUT2D eigenvalue weighted by Gasteiger charge is 2.16. The minimum atomic E-state index is -0.833. The summed E-state index contributed by atoms with van der Waals surface area (Å²) in [6.45, 7) is 0. The predicted molar refractivity (Wildman–Crippen MR) is 67.3 cm³/mol. The van der Waals surface area contributed by atoms with E-state index in [1.165, 1.54) is 0 Å². The number of nitrogen functional groups attached to an aromatic ring is 1. The van der Waals surface area contributed by atoms with E-state index in [1.54, 1.807) is 24.5 Å². The second kappa shape index (κ2) is 4.69. The highest BCUT2D eigenvalue weighted by molar-refractivity contribution is 5.63. The van der Waals surface area contributed by atoms with E-state index >= 15 is 0 Å². The second-order valence-corrected chi connectivity index (χ2v) is 4.01. The topological polar surface area (TPSA) is 77.8 Å². The molecule has 0 bridgehead atoms. The van der Waals surface area contributed by atoms with E-state index in [0.717, 1.165) is 6.07 Å². The van der Waals surface area contributed by atoms with Gasteiger partial charge in [0.15, 0.2) is 0 Å². The van der Waals surface area contributed by atoms with Gasteiger partial charge in [-0.15, -0.1) is 0 Å². The molecule has 0 saturated carbocycles. The average Bonchev–Trinajstić information content (AvgIpc) is 2.93. The van der Waals surface area contributed by atoms with E-state index in [1.807, 2.05) is 0 Å². The van der Waals surface area contributed by atoms with Gasteiger partial charge in [0.25, 0.3) is 5.89 Å². The third-order valence-electron chi connectivity index (χ3n) is 2.68. The Morgan fingerprint density at radius 2 is 1.80 bits per heavy atom. The van der Waals surface area contributed by atoms with Crippen molar-refractivity contribution >= 4 is 5.69 Å². The monoisotopic (exact) mass is 274 g/mol. The molecule has 0 aliphatic heterocycles.